The molecule has 2 aliphatic carbocycles. The Labute approximate surface area is 226 Å². The molecule has 0 spiro atoms. The van der Waals surface area contributed by atoms with Gasteiger partial charge in [0.2, 0.25) is 23.6 Å². The van der Waals surface area contributed by atoms with E-state index in [9.17, 15) is 24.0 Å². The average molecular weight is 530 g/mol. The largest absolute Gasteiger partial charge is 0.467 e. The van der Waals surface area contributed by atoms with Crippen molar-refractivity contribution in [1.82, 2.24) is 15.5 Å². The van der Waals surface area contributed by atoms with Gasteiger partial charge >= 0.3 is 5.97 Å². The molecule has 1 saturated carbocycles. The lowest BCUT2D eigenvalue weighted by molar-refractivity contribution is -0.146. The summed E-state index contributed by atoms with van der Waals surface area (Å²) in [6.07, 6.45) is 5.15. The first-order valence-electron chi connectivity index (χ1n) is 13.1. The first-order chi connectivity index (χ1) is 18.9. The van der Waals surface area contributed by atoms with Crippen LogP contribution in [0, 0.1) is 23.7 Å². The summed E-state index contributed by atoms with van der Waals surface area (Å²) in [6, 6.07) is 16.3. The SMILES string of the molecule is COC(=O)[C@H](Cc1ccccc1)NC(=O)[C@@H](Cc1ccccc1)NC(=O)CN1C(=O)[C@@H]2[C@H](C1=O)[C@@H]1C=C[C@H]2C1. The minimum absolute atomic E-state index is 0.0426. The van der Waals surface area contributed by atoms with Crippen molar-refractivity contribution in [2.75, 3.05) is 13.7 Å². The summed E-state index contributed by atoms with van der Waals surface area (Å²) in [4.78, 5) is 66.1. The molecule has 2 aromatic carbocycles. The van der Waals surface area contributed by atoms with Crippen molar-refractivity contribution in [1.29, 1.82) is 0 Å². The fraction of sp³-hybridized carbons (Fsp3) is 0.367. The fourth-order valence-corrected chi connectivity index (χ4v) is 6.02. The molecule has 0 unspecified atom stereocenters. The number of esters is 1. The molecule has 202 valence electrons. The van der Waals surface area contributed by atoms with Crippen LogP contribution in [-0.2, 0) is 41.6 Å². The number of fused-ring (bicyclic) bond motifs is 5. The monoisotopic (exact) mass is 529 g/mol. The van der Waals surface area contributed by atoms with Crippen LogP contribution in [0.2, 0.25) is 0 Å². The van der Waals surface area contributed by atoms with E-state index in [0.717, 1.165) is 22.4 Å². The highest BCUT2D eigenvalue weighted by atomic mass is 16.5. The maximum atomic E-state index is 13.4. The molecule has 39 heavy (non-hydrogen) atoms. The number of hydrogen-bond donors (Lipinski definition) is 2. The predicted molar refractivity (Wildman–Crippen MR) is 141 cm³/mol. The van der Waals surface area contributed by atoms with E-state index in [1.165, 1.54) is 7.11 Å². The molecule has 0 radical (unpaired) electrons. The van der Waals surface area contributed by atoms with Gasteiger partial charge in [0.05, 0.1) is 18.9 Å². The molecule has 1 saturated heterocycles. The molecular formula is C30H31N3O6. The van der Waals surface area contributed by atoms with Gasteiger partial charge in [0.25, 0.3) is 0 Å². The average Bonchev–Trinajstić information content (AvgIpc) is 3.63. The number of methoxy groups -OCH3 is 1. The number of rotatable bonds is 10. The summed E-state index contributed by atoms with van der Waals surface area (Å²) in [7, 11) is 1.25. The summed E-state index contributed by atoms with van der Waals surface area (Å²) < 4.78 is 4.91. The van der Waals surface area contributed by atoms with Crippen molar-refractivity contribution >= 4 is 29.6 Å². The van der Waals surface area contributed by atoms with Crippen LogP contribution in [0.1, 0.15) is 17.5 Å². The fourth-order valence-electron chi connectivity index (χ4n) is 6.02. The van der Waals surface area contributed by atoms with Crippen molar-refractivity contribution in [3.63, 3.8) is 0 Å². The molecule has 2 fully saturated rings. The van der Waals surface area contributed by atoms with Gasteiger partial charge in [-0.15, -0.1) is 0 Å². The van der Waals surface area contributed by atoms with Gasteiger partial charge in [-0.3, -0.25) is 24.1 Å². The predicted octanol–water partition coefficient (Wildman–Crippen LogP) is 1.42. The van der Waals surface area contributed by atoms with Crippen molar-refractivity contribution < 1.29 is 28.7 Å². The normalized spacial score (nSPS) is 24.3. The summed E-state index contributed by atoms with van der Waals surface area (Å²) in [5.41, 5.74) is 1.62. The van der Waals surface area contributed by atoms with Crippen molar-refractivity contribution in [2.24, 2.45) is 23.7 Å². The van der Waals surface area contributed by atoms with Gasteiger partial charge in [0.1, 0.15) is 18.6 Å². The van der Waals surface area contributed by atoms with E-state index in [0.29, 0.717) is 0 Å². The molecule has 4 amide bonds. The Morgan fingerprint density at radius 1 is 0.821 bits per heavy atom. The molecule has 2 aromatic rings. The zero-order valence-electron chi connectivity index (χ0n) is 21.6. The first-order valence-corrected chi connectivity index (χ1v) is 13.1. The Hall–Kier alpha value is -4.27. The van der Waals surface area contributed by atoms with Gasteiger partial charge < -0.3 is 15.4 Å². The minimum Gasteiger partial charge on any atom is -0.467 e. The summed E-state index contributed by atoms with van der Waals surface area (Å²) in [5.74, 6) is -3.17. The Morgan fingerprint density at radius 3 is 1.85 bits per heavy atom. The van der Waals surface area contributed by atoms with Gasteiger partial charge in [-0.2, -0.15) is 0 Å². The lowest BCUT2D eigenvalue weighted by Gasteiger charge is -2.24. The summed E-state index contributed by atoms with van der Waals surface area (Å²) >= 11 is 0. The third kappa shape index (κ3) is 5.48. The maximum Gasteiger partial charge on any atom is 0.328 e. The molecule has 2 bridgehead atoms. The number of allylic oxidation sites excluding steroid dienone is 2. The third-order valence-corrected chi connectivity index (χ3v) is 7.88. The highest BCUT2D eigenvalue weighted by Gasteiger charge is 2.59. The van der Waals surface area contributed by atoms with Crippen LogP contribution in [0.3, 0.4) is 0 Å². The molecule has 1 aliphatic heterocycles. The molecule has 5 rings (SSSR count). The van der Waals surface area contributed by atoms with E-state index in [2.05, 4.69) is 10.6 Å². The Balaban J connectivity index is 1.29. The number of benzene rings is 2. The zero-order valence-corrected chi connectivity index (χ0v) is 21.6. The topological polar surface area (TPSA) is 122 Å². The van der Waals surface area contributed by atoms with E-state index >= 15 is 0 Å². The quantitative estimate of drug-likeness (QED) is 0.273. The highest BCUT2D eigenvalue weighted by Crippen LogP contribution is 2.52. The second-order valence-corrected chi connectivity index (χ2v) is 10.3. The Morgan fingerprint density at radius 2 is 1.33 bits per heavy atom. The van der Waals surface area contributed by atoms with Crippen LogP contribution >= 0.6 is 0 Å². The second kappa shape index (κ2) is 11.2. The Bertz CT molecular complexity index is 1260. The van der Waals surface area contributed by atoms with Gasteiger partial charge in [0.15, 0.2) is 0 Å². The van der Waals surface area contributed by atoms with E-state index < -0.39 is 48.2 Å². The van der Waals surface area contributed by atoms with Crippen LogP contribution in [0.15, 0.2) is 72.8 Å². The molecule has 9 heteroatoms. The zero-order chi connectivity index (χ0) is 27.5. The molecule has 6 atom stereocenters. The standard InChI is InChI=1S/C30H31N3O6/c1-39-30(38)23(15-19-10-6-3-7-11-19)32-27(35)22(14-18-8-4-2-5-9-18)31-24(34)17-33-28(36)25-20-12-13-21(16-20)26(25)29(33)37/h2-13,20-23,25-26H,14-17H2,1H3,(H,31,34)(H,32,35)/t20-,21+,22-,23+,25-,26+/m1/s1. The number of likely N-dealkylation sites (tertiary alicyclic amines) is 1. The highest BCUT2D eigenvalue weighted by molar-refractivity contribution is 6.08. The number of carbonyl (C=O) groups is 5. The van der Waals surface area contributed by atoms with Crippen LogP contribution < -0.4 is 10.6 Å². The number of ether oxygens (including phenoxy) is 1. The number of hydrogen-bond acceptors (Lipinski definition) is 6. The van der Waals surface area contributed by atoms with Gasteiger partial charge in [-0.05, 0) is 29.4 Å². The van der Waals surface area contributed by atoms with Crippen molar-refractivity contribution in [2.45, 2.75) is 31.3 Å². The number of amides is 4. The molecule has 3 aliphatic rings. The van der Waals surface area contributed by atoms with Crippen LogP contribution in [0.5, 0.6) is 0 Å². The minimum atomic E-state index is -1.05. The van der Waals surface area contributed by atoms with E-state index in [1.807, 2.05) is 72.8 Å². The first kappa shape index (κ1) is 26.3. The van der Waals surface area contributed by atoms with E-state index in [-0.39, 0.29) is 36.5 Å². The van der Waals surface area contributed by atoms with E-state index in [1.54, 1.807) is 0 Å². The summed E-state index contributed by atoms with van der Waals surface area (Å²) in [5, 5.41) is 5.42. The van der Waals surface area contributed by atoms with Crippen molar-refractivity contribution in [3.05, 3.63) is 83.9 Å². The lowest BCUT2D eigenvalue weighted by Crippen LogP contribution is -2.55. The Kier molecular flexibility index (Phi) is 7.58. The van der Waals surface area contributed by atoms with E-state index in [4.69, 9.17) is 4.74 Å². The van der Waals surface area contributed by atoms with Crippen LogP contribution in [0.25, 0.3) is 0 Å². The third-order valence-electron chi connectivity index (χ3n) is 7.88. The maximum absolute atomic E-state index is 13.4. The number of imide groups is 1. The van der Waals surface area contributed by atoms with Crippen molar-refractivity contribution in [3.8, 4) is 0 Å². The molecule has 0 aromatic heterocycles. The number of nitrogens with zero attached hydrogens (tertiary/aromatic N) is 1. The van der Waals surface area contributed by atoms with Gasteiger partial charge in [0, 0.05) is 12.8 Å². The van der Waals surface area contributed by atoms with Gasteiger partial charge in [-0.1, -0.05) is 72.8 Å². The second-order valence-electron chi connectivity index (χ2n) is 10.3. The smallest absolute Gasteiger partial charge is 0.328 e. The van der Waals surface area contributed by atoms with Crippen LogP contribution in [0.4, 0.5) is 0 Å². The number of nitrogens with one attached hydrogen (secondary N) is 2. The lowest BCUT2D eigenvalue weighted by atomic mass is 9.85. The number of carbonyl (C=O) groups excluding carboxylic acids is 5. The molecule has 1 heterocycles. The summed E-state index contributed by atoms with van der Waals surface area (Å²) in [6.45, 7) is -0.451. The molecule has 2 N–H and O–H groups in total. The molecular weight excluding hydrogens is 498 g/mol. The van der Waals surface area contributed by atoms with Crippen LogP contribution in [-0.4, -0.2) is 60.2 Å². The van der Waals surface area contributed by atoms with Gasteiger partial charge in [-0.25, -0.2) is 4.79 Å². The molecule has 9 nitrogen and oxygen atoms in total.